The summed E-state index contributed by atoms with van der Waals surface area (Å²) in [5.74, 6) is 0.915. The largest absolute Gasteiger partial charge is 0.488 e. The first-order valence-corrected chi connectivity index (χ1v) is 7.02. The van der Waals surface area contributed by atoms with Gasteiger partial charge in [-0.2, -0.15) is 0 Å². The first-order chi connectivity index (χ1) is 7.48. The molecule has 1 aromatic rings. The molecule has 0 aromatic heterocycles. The van der Waals surface area contributed by atoms with Crippen molar-refractivity contribution in [1.29, 1.82) is 0 Å². The molecule has 1 atom stereocenters. The first-order valence-electron chi connectivity index (χ1n) is 5.19. The highest BCUT2D eigenvalue weighted by Gasteiger charge is 2.35. The highest BCUT2D eigenvalue weighted by molar-refractivity contribution is 7.92. The lowest BCUT2D eigenvalue weighted by Gasteiger charge is -2.28. The van der Waals surface area contributed by atoms with E-state index in [2.05, 4.69) is 0 Å². The molecule has 2 rings (SSSR count). The summed E-state index contributed by atoms with van der Waals surface area (Å²) in [5.41, 5.74) is 6.71. The molecule has 0 bridgehead atoms. The molecule has 4 nitrogen and oxygen atoms in total. The van der Waals surface area contributed by atoms with Crippen molar-refractivity contribution in [3.63, 3.8) is 0 Å². The first kappa shape index (κ1) is 11.4. The van der Waals surface area contributed by atoms with Gasteiger partial charge < -0.3 is 10.5 Å². The molecule has 1 unspecified atom stereocenters. The number of hydrogen-bond donors (Lipinski definition) is 1. The zero-order chi connectivity index (χ0) is 11.8. The molecule has 1 aliphatic heterocycles. The van der Waals surface area contributed by atoms with Gasteiger partial charge >= 0.3 is 0 Å². The Hall–Kier alpha value is -1.07. The summed E-state index contributed by atoms with van der Waals surface area (Å²) in [5, 5.41) is 0. The smallest absolute Gasteiger partial charge is 0.157 e. The van der Waals surface area contributed by atoms with Crippen LogP contribution in [0.4, 0.5) is 0 Å². The Bertz CT molecular complexity index is 470. The zero-order valence-electron chi connectivity index (χ0n) is 9.09. The van der Waals surface area contributed by atoms with Crippen molar-refractivity contribution in [2.75, 3.05) is 11.5 Å². The van der Waals surface area contributed by atoms with E-state index >= 15 is 0 Å². The SMILES string of the molecule is CC(N)c1ccccc1OC1CS(=O)(=O)C1. The fourth-order valence-electron chi connectivity index (χ4n) is 1.73. The fourth-order valence-corrected chi connectivity index (χ4v) is 2.90. The summed E-state index contributed by atoms with van der Waals surface area (Å²) in [6.07, 6.45) is -0.218. The molecule has 2 N–H and O–H groups in total. The molecule has 1 aliphatic rings. The lowest BCUT2D eigenvalue weighted by atomic mass is 10.1. The van der Waals surface area contributed by atoms with Crippen LogP contribution in [-0.4, -0.2) is 26.0 Å². The number of hydrogen-bond acceptors (Lipinski definition) is 4. The predicted octanol–water partition coefficient (Wildman–Crippen LogP) is 0.882. The molecule has 1 heterocycles. The lowest BCUT2D eigenvalue weighted by molar-refractivity contribution is 0.227. The topological polar surface area (TPSA) is 69.4 Å². The standard InChI is InChI=1S/C11H15NO3S/c1-8(12)10-4-2-3-5-11(10)15-9-6-16(13,14)7-9/h2-5,8-9H,6-7,12H2,1H3. The van der Waals surface area contributed by atoms with Gasteiger partial charge in [0.2, 0.25) is 0 Å². The van der Waals surface area contributed by atoms with Crippen LogP contribution in [0.3, 0.4) is 0 Å². The predicted molar refractivity (Wildman–Crippen MR) is 62.1 cm³/mol. The Morgan fingerprint density at radius 1 is 1.38 bits per heavy atom. The van der Waals surface area contributed by atoms with E-state index in [9.17, 15) is 8.42 Å². The van der Waals surface area contributed by atoms with E-state index in [-0.39, 0.29) is 23.7 Å². The number of benzene rings is 1. The van der Waals surface area contributed by atoms with E-state index < -0.39 is 9.84 Å². The summed E-state index contributed by atoms with van der Waals surface area (Å²) < 4.78 is 27.6. The Labute approximate surface area is 95.3 Å². The molecular formula is C11H15NO3S. The Morgan fingerprint density at radius 2 is 2.00 bits per heavy atom. The van der Waals surface area contributed by atoms with Crippen LogP contribution in [0.2, 0.25) is 0 Å². The summed E-state index contributed by atoms with van der Waals surface area (Å²) in [6.45, 7) is 1.87. The number of sulfone groups is 1. The van der Waals surface area contributed by atoms with Gasteiger partial charge in [0.15, 0.2) is 9.84 Å². The molecule has 0 saturated carbocycles. The molecular weight excluding hydrogens is 226 g/mol. The van der Waals surface area contributed by atoms with Crippen LogP contribution in [0, 0.1) is 0 Å². The molecule has 0 aliphatic carbocycles. The lowest BCUT2D eigenvalue weighted by Crippen LogP contribution is -2.45. The van der Waals surface area contributed by atoms with Gasteiger partial charge in [-0.25, -0.2) is 8.42 Å². The number of ether oxygens (including phenoxy) is 1. The summed E-state index contributed by atoms with van der Waals surface area (Å²) in [4.78, 5) is 0. The minimum absolute atomic E-state index is 0.111. The van der Waals surface area contributed by atoms with Gasteiger partial charge in [0, 0.05) is 11.6 Å². The molecule has 1 aromatic carbocycles. The third kappa shape index (κ3) is 2.36. The van der Waals surface area contributed by atoms with Crippen LogP contribution in [0.15, 0.2) is 24.3 Å². The van der Waals surface area contributed by atoms with E-state index in [0.29, 0.717) is 5.75 Å². The maximum absolute atomic E-state index is 11.0. The second kappa shape index (κ2) is 4.07. The minimum atomic E-state index is -2.84. The maximum atomic E-state index is 11.0. The van der Waals surface area contributed by atoms with Gasteiger partial charge in [-0.05, 0) is 13.0 Å². The van der Waals surface area contributed by atoms with Crippen LogP contribution in [0.25, 0.3) is 0 Å². The van der Waals surface area contributed by atoms with Crippen LogP contribution in [-0.2, 0) is 9.84 Å². The van der Waals surface area contributed by atoms with Crippen molar-refractivity contribution in [3.8, 4) is 5.75 Å². The van der Waals surface area contributed by atoms with Gasteiger partial charge in [-0.3, -0.25) is 0 Å². The number of nitrogens with two attached hydrogens (primary N) is 1. The van der Waals surface area contributed by atoms with Gasteiger partial charge in [0.05, 0.1) is 11.5 Å². The highest BCUT2D eigenvalue weighted by atomic mass is 32.2. The third-order valence-corrected chi connectivity index (χ3v) is 4.34. The molecule has 0 radical (unpaired) electrons. The summed E-state index contributed by atoms with van der Waals surface area (Å²) >= 11 is 0. The quantitative estimate of drug-likeness (QED) is 0.853. The van der Waals surface area contributed by atoms with Gasteiger partial charge in [-0.15, -0.1) is 0 Å². The zero-order valence-corrected chi connectivity index (χ0v) is 9.91. The van der Waals surface area contributed by atoms with E-state index in [4.69, 9.17) is 10.5 Å². The Balaban J connectivity index is 2.10. The number of rotatable bonds is 3. The van der Waals surface area contributed by atoms with Crippen LogP contribution in [0.1, 0.15) is 18.5 Å². The Kier molecular flexibility index (Phi) is 2.90. The van der Waals surface area contributed by atoms with E-state index in [0.717, 1.165) is 5.56 Å². The number of para-hydroxylation sites is 1. The van der Waals surface area contributed by atoms with Crippen molar-refractivity contribution in [3.05, 3.63) is 29.8 Å². The summed E-state index contributed by atoms with van der Waals surface area (Å²) in [6, 6.07) is 7.35. The van der Waals surface area contributed by atoms with Crippen molar-refractivity contribution in [1.82, 2.24) is 0 Å². The molecule has 1 fully saturated rings. The van der Waals surface area contributed by atoms with Crippen LogP contribution in [0.5, 0.6) is 5.75 Å². The molecule has 16 heavy (non-hydrogen) atoms. The van der Waals surface area contributed by atoms with E-state index in [1.807, 2.05) is 31.2 Å². The van der Waals surface area contributed by atoms with Gasteiger partial charge in [0.25, 0.3) is 0 Å². The van der Waals surface area contributed by atoms with Crippen molar-refractivity contribution < 1.29 is 13.2 Å². The fraction of sp³-hybridized carbons (Fsp3) is 0.455. The summed E-state index contributed by atoms with van der Waals surface area (Å²) in [7, 11) is -2.84. The maximum Gasteiger partial charge on any atom is 0.157 e. The van der Waals surface area contributed by atoms with E-state index in [1.54, 1.807) is 0 Å². The molecule has 1 saturated heterocycles. The van der Waals surface area contributed by atoms with Crippen molar-refractivity contribution >= 4 is 9.84 Å². The third-order valence-electron chi connectivity index (χ3n) is 2.58. The highest BCUT2D eigenvalue weighted by Crippen LogP contribution is 2.26. The average Bonchev–Trinajstić information content (AvgIpc) is 2.15. The second-order valence-corrected chi connectivity index (χ2v) is 6.30. The molecule has 0 spiro atoms. The Morgan fingerprint density at radius 3 is 2.56 bits per heavy atom. The molecule has 88 valence electrons. The van der Waals surface area contributed by atoms with Crippen molar-refractivity contribution in [2.24, 2.45) is 5.73 Å². The van der Waals surface area contributed by atoms with Crippen LogP contribution < -0.4 is 10.5 Å². The minimum Gasteiger partial charge on any atom is -0.488 e. The average molecular weight is 241 g/mol. The molecule has 5 heteroatoms. The normalized spacial score (nSPS) is 21.1. The molecule has 0 amide bonds. The van der Waals surface area contributed by atoms with Crippen molar-refractivity contribution in [2.45, 2.75) is 19.1 Å². The van der Waals surface area contributed by atoms with E-state index in [1.165, 1.54) is 0 Å². The monoisotopic (exact) mass is 241 g/mol. The van der Waals surface area contributed by atoms with Crippen LogP contribution >= 0.6 is 0 Å². The van der Waals surface area contributed by atoms with Gasteiger partial charge in [-0.1, -0.05) is 18.2 Å². The second-order valence-electron chi connectivity index (χ2n) is 4.14. The van der Waals surface area contributed by atoms with Gasteiger partial charge in [0.1, 0.15) is 11.9 Å².